The third kappa shape index (κ3) is 7.09. The van der Waals surface area contributed by atoms with Gasteiger partial charge in [-0.2, -0.15) is 0 Å². The zero-order valence-electron chi connectivity index (χ0n) is 24.0. The van der Waals surface area contributed by atoms with Crippen LogP contribution in [-0.2, 0) is 9.53 Å². The van der Waals surface area contributed by atoms with Crippen molar-refractivity contribution in [1.29, 1.82) is 0 Å². The number of nitrogens with zero attached hydrogens (tertiary/aromatic N) is 2. The molecular formula is C29H38N2O9. The van der Waals surface area contributed by atoms with E-state index >= 15 is 0 Å². The zero-order chi connectivity index (χ0) is 29.1. The summed E-state index contributed by atoms with van der Waals surface area (Å²) >= 11 is 0. The van der Waals surface area contributed by atoms with Crippen molar-refractivity contribution in [2.24, 2.45) is 0 Å². The minimum Gasteiger partial charge on any atom is -0.493 e. The molecule has 40 heavy (non-hydrogen) atoms. The van der Waals surface area contributed by atoms with Gasteiger partial charge in [0.1, 0.15) is 12.2 Å². The van der Waals surface area contributed by atoms with Gasteiger partial charge >= 0.3 is 5.97 Å². The van der Waals surface area contributed by atoms with E-state index in [2.05, 4.69) is 4.90 Å². The highest BCUT2D eigenvalue weighted by molar-refractivity contribution is 5.94. The summed E-state index contributed by atoms with van der Waals surface area (Å²) < 4.78 is 37.8. The second-order valence-corrected chi connectivity index (χ2v) is 8.80. The number of methoxy groups -OCH3 is 6. The summed E-state index contributed by atoms with van der Waals surface area (Å²) in [7, 11) is 9.08. The van der Waals surface area contributed by atoms with Crippen LogP contribution in [0.25, 0.3) is 6.08 Å². The van der Waals surface area contributed by atoms with Crippen molar-refractivity contribution in [3.05, 3.63) is 41.5 Å². The van der Waals surface area contributed by atoms with E-state index in [4.69, 9.17) is 33.2 Å². The van der Waals surface area contributed by atoms with Gasteiger partial charge in [-0.15, -0.1) is 0 Å². The smallest absolute Gasteiger partial charge is 0.342 e. The van der Waals surface area contributed by atoms with Crippen LogP contribution in [0.15, 0.2) is 30.3 Å². The molecule has 218 valence electrons. The van der Waals surface area contributed by atoms with Gasteiger partial charge in [0.2, 0.25) is 17.4 Å². The first kappa shape index (κ1) is 30.4. The molecule has 0 atom stereocenters. The minimum atomic E-state index is -0.514. The molecule has 2 aromatic carbocycles. The van der Waals surface area contributed by atoms with Crippen LogP contribution < -0.4 is 28.4 Å². The number of benzene rings is 2. The standard InChI is InChI=1S/C29H38N2O9/c1-34-22-11-8-20(25(36-3)27(22)38-5)9-13-24(32)31-15-7-14-30(16-17-31)18-19-40-29(33)21-10-12-23(35-2)28(39-6)26(21)37-4/h8-13H,7,14-19H2,1-6H3/b13-9+. The molecule has 0 aliphatic carbocycles. The quantitative estimate of drug-likeness (QED) is 0.285. The molecule has 1 aliphatic rings. The van der Waals surface area contributed by atoms with Gasteiger partial charge in [-0.25, -0.2) is 4.79 Å². The molecular weight excluding hydrogens is 520 g/mol. The Morgan fingerprint density at radius 3 is 1.98 bits per heavy atom. The number of rotatable bonds is 12. The first-order valence-electron chi connectivity index (χ1n) is 12.9. The molecule has 0 spiro atoms. The summed E-state index contributed by atoms with van der Waals surface area (Å²) in [5, 5.41) is 0. The average molecular weight is 559 g/mol. The molecule has 0 saturated carbocycles. The first-order valence-corrected chi connectivity index (χ1v) is 12.9. The van der Waals surface area contributed by atoms with E-state index in [1.54, 1.807) is 38.5 Å². The van der Waals surface area contributed by atoms with E-state index in [1.165, 1.54) is 34.5 Å². The Bertz CT molecular complexity index is 1200. The molecule has 1 fully saturated rings. The largest absolute Gasteiger partial charge is 0.493 e. The molecule has 0 unspecified atom stereocenters. The van der Waals surface area contributed by atoms with Crippen LogP contribution in [0.5, 0.6) is 34.5 Å². The van der Waals surface area contributed by atoms with Gasteiger partial charge in [-0.1, -0.05) is 0 Å². The fourth-order valence-electron chi connectivity index (χ4n) is 4.54. The molecule has 11 heteroatoms. The summed E-state index contributed by atoms with van der Waals surface area (Å²) in [6.07, 6.45) is 4.06. The lowest BCUT2D eigenvalue weighted by Gasteiger charge is -2.21. The number of hydrogen-bond donors (Lipinski definition) is 0. The molecule has 11 nitrogen and oxygen atoms in total. The highest BCUT2D eigenvalue weighted by atomic mass is 16.5. The Labute approximate surface area is 235 Å². The Balaban J connectivity index is 1.55. The lowest BCUT2D eigenvalue weighted by molar-refractivity contribution is -0.125. The van der Waals surface area contributed by atoms with E-state index in [-0.39, 0.29) is 23.8 Å². The normalized spacial score (nSPS) is 13.9. The van der Waals surface area contributed by atoms with Crippen LogP contribution in [0.3, 0.4) is 0 Å². The lowest BCUT2D eigenvalue weighted by Crippen LogP contribution is -2.35. The molecule has 0 N–H and O–H groups in total. The molecule has 0 bridgehead atoms. The van der Waals surface area contributed by atoms with Crippen molar-refractivity contribution in [3.63, 3.8) is 0 Å². The van der Waals surface area contributed by atoms with Gasteiger partial charge in [0.05, 0.1) is 42.7 Å². The van der Waals surface area contributed by atoms with Crippen LogP contribution in [0.4, 0.5) is 0 Å². The molecule has 1 aliphatic heterocycles. The minimum absolute atomic E-state index is 0.0920. The van der Waals surface area contributed by atoms with E-state index in [0.29, 0.717) is 60.5 Å². The van der Waals surface area contributed by atoms with Crippen LogP contribution >= 0.6 is 0 Å². The van der Waals surface area contributed by atoms with Crippen molar-refractivity contribution in [2.75, 3.05) is 82.0 Å². The van der Waals surface area contributed by atoms with Crippen molar-refractivity contribution < 1.29 is 42.7 Å². The monoisotopic (exact) mass is 558 g/mol. The number of hydrogen-bond acceptors (Lipinski definition) is 10. The SMILES string of the molecule is COc1ccc(/C=C/C(=O)N2CCCN(CCOC(=O)c3ccc(OC)c(OC)c3OC)CC2)c(OC)c1OC. The Hall–Kier alpha value is -4.12. The number of esters is 1. The fraction of sp³-hybridized carbons (Fsp3) is 0.448. The maximum atomic E-state index is 13.0. The highest BCUT2D eigenvalue weighted by Gasteiger charge is 2.23. The Morgan fingerprint density at radius 2 is 1.35 bits per heavy atom. The van der Waals surface area contributed by atoms with E-state index in [1.807, 2.05) is 11.0 Å². The van der Waals surface area contributed by atoms with Crippen LogP contribution in [0, 0.1) is 0 Å². The maximum absolute atomic E-state index is 13.0. The third-order valence-electron chi connectivity index (χ3n) is 6.61. The third-order valence-corrected chi connectivity index (χ3v) is 6.61. The molecule has 2 aromatic rings. The number of ether oxygens (including phenoxy) is 7. The van der Waals surface area contributed by atoms with E-state index < -0.39 is 5.97 Å². The molecule has 0 radical (unpaired) electrons. The predicted molar refractivity (Wildman–Crippen MR) is 149 cm³/mol. The second kappa shape index (κ2) is 14.9. The molecule has 3 rings (SSSR count). The van der Waals surface area contributed by atoms with Gasteiger partial charge in [-0.3, -0.25) is 9.69 Å². The first-order chi connectivity index (χ1) is 19.4. The topological polar surface area (TPSA) is 105 Å². The molecule has 1 heterocycles. The van der Waals surface area contributed by atoms with Gasteiger partial charge in [0.25, 0.3) is 0 Å². The van der Waals surface area contributed by atoms with E-state index in [9.17, 15) is 9.59 Å². The summed E-state index contributed by atoms with van der Waals surface area (Å²) in [5.74, 6) is 1.94. The van der Waals surface area contributed by atoms with E-state index in [0.717, 1.165) is 13.0 Å². The molecule has 1 saturated heterocycles. The predicted octanol–water partition coefficient (Wildman–Crippen LogP) is 3.14. The van der Waals surface area contributed by atoms with Crippen molar-refractivity contribution >= 4 is 18.0 Å². The summed E-state index contributed by atoms with van der Waals surface area (Å²) in [4.78, 5) is 29.7. The van der Waals surface area contributed by atoms with Gasteiger partial charge in [0.15, 0.2) is 23.0 Å². The number of amides is 1. The number of carbonyl (C=O) groups excluding carboxylic acids is 2. The van der Waals surface area contributed by atoms with Crippen molar-refractivity contribution in [1.82, 2.24) is 9.80 Å². The summed E-state index contributed by atoms with van der Waals surface area (Å²) in [6, 6.07) is 6.80. The lowest BCUT2D eigenvalue weighted by atomic mass is 10.1. The van der Waals surface area contributed by atoms with Gasteiger partial charge < -0.3 is 38.1 Å². The van der Waals surface area contributed by atoms with Crippen LogP contribution in [0.1, 0.15) is 22.3 Å². The van der Waals surface area contributed by atoms with Crippen molar-refractivity contribution in [3.8, 4) is 34.5 Å². The van der Waals surface area contributed by atoms with Gasteiger partial charge in [-0.05, 0) is 36.8 Å². The fourth-order valence-corrected chi connectivity index (χ4v) is 4.54. The average Bonchev–Trinajstić information content (AvgIpc) is 3.23. The number of carbonyl (C=O) groups is 2. The molecule has 0 aromatic heterocycles. The summed E-state index contributed by atoms with van der Waals surface area (Å²) in [6.45, 7) is 3.38. The highest BCUT2D eigenvalue weighted by Crippen LogP contribution is 2.41. The second-order valence-electron chi connectivity index (χ2n) is 8.80. The Morgan fingerprint density at radius 1 is 0.725 bits per heavy atom. The van der Waals surface area contributed by atoms with Gasteiger partial charge in [0, 0.05) is 44.4 Å². The van der Waals surface area contributed by atoms with Crippen molar-refractivity contribution in [2.45, 2.75) is 6.42 Å². The van der Waals surface area contributed by atoms with Crippen LogP contribution in [0.2, 0.25) is 0 Å². The summed E-state index contributed by atoms with van der Waals surface area (Å²) in [5.41, 5.74) is 0.962. The molecule has 1 amide bonds. The van der Waals surface area contributed by atoms with Crippen LogP contribution in [-0.4, -0.2) is 104 Å². The Kier molecular flexibility index (Phi) is 11.3. The zero-order valence-corrected chi connectivity index (χ0v) is 24.0. The maximum Gasteiger partial charge on any atom is 0.342 e.